The van der Waals surface area contributed by atoms with Crippen molar-refractivity contribution in [3.63, 3.8) is 0 Å². The Morgan fingerprint density at radius 2 is 2.00 bits per heavy atom. The van der Waals surface area contributed by atoms with Gasteiger partial charge >= 0.3 is 5.97 Å². The van der Waals surface area contributed by atoms with Gasteiger partial charge in [0.2, 0.25) is 5.90 Å². The molecule has 3 rings (SSSR count). The second-order valence-corrected chi connectivity index (χ2v) is 5.04. The minimum atomic E-state index is -0.401. The number of aryl methyl sites for hydroxylation is 1. The lowest BCUT2D eigenvalue weighted by Gasteiger charge is -1.99. The van der Waals surface area contributed by atoms with Crippen LogP contribution in [0.5, 0.6) is 0 Å². The number of hydrogen-bond acceptors (Lipinski definition) is 4. The Bertz CT molecular complexity index is 667. The molecule has 0 radical (unpaired) electrons. The quantitative estimate of drug-likeness (QED) is 0.619. The van der Waals surface area contributed by atoms with Gasteiger partial charge in [0.15, 0.2) is 5.70 Å². The van der Waals surface area contributed by atoms with Gasteiger partial charge in [-0.05, 0) is 47.5 Å². The number of aliphatic imine (C=N–C) groups is 1. The number of hydrogen-bond donors (Lipinski definition) is 0. The van der Waals surface area contributed by atoms with Gasteiger partial charge in [-0.3, -0.25) is 0 Å². The third-order valence-electron chi connectivity index (χ3n) is 2.77. The Morgan fingerprint density at radius 1 is 1.21 bits per heavy atom. The molecule has 0 fully saturated rings. The van der Waals surface area contributed by atoms with Crippen LogP contribution in [0.2, 0.25) is 0 Å². The molecular weight excluding hydrogens is 258 g/mol. The maximum atomic E-state index is 11.7. The highest BCUT2D eigenvalue weighted by molar-refractivity contribution is 7.08. The van der Waals surface area contributed by atoms with Gasteiger partial charge in [0.1, 0.15) is 0 Å². The molecule has 0 bridgehead atoms. The summed E-state index contributed by atoms with van der Waals surface area (Å²) in [6, 6.07) is 9.66. The minimum absolute atomic E-state index is 0.342. The zero-order chi connectivity index (χ0) is 13.2. The lowest BCUT2D eigenvalue weighted by atomic mass is 10.1. The van der Waals surface area contributed by atoms with E-state index in [0.717, 1.165) is 16.7 Å². The van der Waals surface area contributed by atoms with Crippen molar-refractivity contribution in [3.05, 3.63) is 63.5 Å². The molecule has 0 saturated heterocycles. The average Bonchev–Trinajstić information content (AvgIpc) is 3.02. The van der Waals surface area contributed by atoms with Crippen molar-refractivity contribution in [2.45, 2.75) is 6.92 Å². The van der Waals surface area contributed by atoms with Gasteiger partial charge < -0.3 is 4.74 Å². The third-order valence-corrected chi connectivity index (χ3v) is 3.47. The van der Waals surface area contributed by atoms with Crippen molar-refractivity contribution in [2.75, 3.05) is 0 Å². The monoisotopic (exact) mass is 269 g/mol. The molecule has 0 atom stereocenters. The molecule has 2 aromatic rings. The molecular formula is C15H11NO2S. The first-order valence-electron chi connectivity index (χ1n) is 5.84. The van der Waals surface area contributed by atoms with Crippen molar-refractivity contribution in [1.29, 1.82) is 0 Å². The summed E-state index contributed by atoms with van der Waals surface area (Å²) in [6.07, 6.45) is 1.74. The van der Waals surface area contributed by atoms with E-state index >= 15 is 0 Å². The number of benzene rings is 1. The molecule has 3 nitrogen and oxygen atoms in total. The molecule has 0 N–H and O–H groups in total. The summed E-state index contributed by atoms with van der Waals surface area (Å²) >= 11 is 1.58. The molecule has 1 aliphatic rings. The topological polar surface area (TPSA) is 38.7 Å². The number of carbonyl (C=O) groups is 1. The highest BCUT2D eigenvalue weighted by Gasteiger charge is 2.23. The van der Waals surface area contributed by atoms with Crippen LogP contribution in [0.1, 0.15) is 16.7 Å². The third kappa shape index (κ3) is 2.48. The van der Waals surface area contributed by atoms with Gasteiger partial charge in [-0.15, -0.1) is 0 Å². The summed E-state index contributed by atoms with van der Waals surface area (Å²) in [5.41, 5.74) is 3.27. The van der Waals surface area contributed by atoms with Crippen molar-refractivity contribution in [1.82, 2.24) is 0 Å². The Labute approximate surface area is 114 Å². The Kier molecular flexibility index (Phi) is 3.01. The number of rotatable bonds is 2. The van der Waals surface area contributed by atoms with Crippen LogP contribution >= 0.6 is 11.3 Å². The second-order valence-electron chi connectivity index (χ2n) is 4.26. The first kappa shape index (κ1) is 11.9. The van der Waals surface area contributed by atoms with Crippen LogP contribution in [-0.4, -0.2) is 11.9 Å². The minimum Gasteiger partial charge on any atom is -0.402 e. The molecule has 1 aromatic carbocycles. The highest BCUT2D eigenvalue weighted by Crippen LogP contribution is 2.20. The number of thiophene rings is 1. The maximum Gasteiger partial charge on any atom is 0.363 e. The number of ether oxygens (including phenoxy) is 1. The van der Waals surface area contributed by atoms with E-state index < -0.39 is 5.97 Å². The fourth-order valence-electron chi connectivity index (χ4n) is 1.74. The van der Waals surface area contributed by atoms with Gasteiger partial charge in [-0.1, -0.05) is 17.7 Å². The van der Waals surface area contributed by atoms with Crippen LogP contribution < -0.4 is 0 Å². The molecule has 0 amide bonds. The number of esters is 1. The highest BCUT2D eigenvalue weighted by atomic mass is 32.1. The van der Waals surface area contributed by atoms with Crippen molar-refractivity contribution in [3.8, 4) is 0 Å². The normalized spacial score (nSPS) is 16.6. The molecule has 94 valence electrons. The molecule has 2 heterocycles. The first-order valence-corrected chi connectivity index (χ1v) is 6.78. The summed E-state index contributed by atoms with van der Waals surface area (Å²) in [5, 5.41) is 3.91. The number of cyclic esters (lactones) is 1. The Morgan fingerprint density at radius 3 is 2.68 bits per heavy atom. The van der Waals surface area contributed by atoms with Crippen LogP contribution in [0.3, 0.4) is 0 Å². The average molecular weight is 269 g/mol. The molecule has 1 aliphatic heterocycles. The second kappa shape index (κ2) is 4.82. The van der Waals surface area contributed by atoms with Crippen LogP contribution in [0, 0.1) is 6.92 Å². The van der Waals surface area contributed by atoms with Crippen LogP contribution in [0.25, 0.3) is 6.08 Å². The van der Waals surface area contributed by atoms with Gasteiger partial charge in [0.05, 0.1) is 0 Å². The fourth-order valence-corrected chi connectivity index (χ4v) is 2.36. The predicted octanol–water partition coefficient (Wildman–Crippen LogP) is 3.40. The summed E-state index contributed by atoms with van der Waals surface area (Å²) in [7, 11) is 0. The standard InChI is InChI=1S/C15H11NO2S/c1-10-2-4-12(5-3-10)14-16-13(15(17)18-14)8-11-6-7-19-9-11/h2-9H,1H3/b13-8-. The summed E-state index contributed by atoms with van der Waals surface area (Å²) in [6.45, 7) is 2.01. The summed E-state index contributed by atoms with van der Waals surface area (Å²) in [4.78, 5) is 16.0. The zero-order valence-electron chi connectivity index (χ0n) is 10.3. The number of carbonyl (C=O) groups excluding carboxylic acids is 1. The molecule has 0 saturated carbocycles. The van der Waals surface area contributed by atoms with E-state index in [0.29, 0.717) is 11.6 Å². The van der Waals surface area contributed by atoms with E-state index in [1.54, 1.807) is 17.4 Å². The lowest BCUT2D eigenvalue weighted by Crippen LogP contribution is -2.05. The van der Waals surface area contributed by atoms with E-state index in [-0.39, 0.29) is 0 Å². The lowest BCUT2D eigenvalue weighted by molar-refractivity contribution is -0.129. The number of nitrogens with zero attached hydrogens (tertiary/aromatic N) is 1. The molecule has 0 aliphatic carbocycles. The molecule has 0 spiro atoms. The van der Waals surface area contributed by atoms with Crippen LogP contribution in [-0.2, 0) is 9.53 Å². The van der Waals surface area contributed by atoms with E-state index in [9.17, 15) is 4.79 Å². The molecule has 4 heteroatoms. The van der Waals surface area contributed by atoms with Crippen molar-refractivity contribution in [2.24, 2.45) is 4.99 Å². The van der Waals surface area contributed by atoms with Crippen LogP contribution in [0.4, 0.5) is 0 Å². The van der Waals surface area contributed by atoms with Crippen LogP contribution in [0.15, 0.2) is 51.8 Å². The fraction of sp³-hybridized carbons (Fsp3) is 0.0667. The van der Waals surface area contributed by atoms with Crippen molar-refractivity contribution < 1.29 is 9.53 Å². The van der Waals surface area contributed by atoms with E-state index in [1.807, 2.05) is 48.0 Å². The maximum absolute atomic E-state index is 11.7. The Hall–Kier alpha value is -2.20. The van der Waals surface area contributed by atoms with Gasteiger partial charge in [-0.25, -0.2) is 9.79 Å². The SMILES string of the molecule is Cc1ccc(C2=N/C(=C\c3ccsc3)C(=O)O2)cc1. The summed E-state index contributed by atoms with van der Waals surface area (Å²) < 4.78 is 5.19. The van der Waals surface area contributed by atoms with E-state index in [4.69, 9.17) is 4.74 Å². The van der Waals surface area contributed by atoms with Gasteiger partial charge in [0.25, 0.3) is 0 Å². The smallest absolute Gasteiger partial charge is 0.363 e. The molecule has 19 heavy (non-hydrogen) atoms. The largest absolute Gasteiger partial charge is 0.402 e. The van der Waals surface area contributed by atoms with Gasteiger partial charge in [0, 0.05) is 5.56 Å². The predicted molar refractivity (Wildman–Crippen MR) is 76.1 cm³/mol. The summed E-state index contributed by atoms with van der Waals surface area (Å²) in [5.74, 6) is -0.0340. The zero-order valence-corrected chi connectivity index (χ0v) is 11.1. The van der Waals surface area contributed by atoms with Crippen molar-refractivity contribution >= 4 is 29.3 Å². The Balaban J connectivity index is 1.93. The first-order chi connectivity index (χ1) is 9.22. The van der Waals surface area contributed by atoms with Gasteiger partial charge in [-0.2, -0.15) is 11.3 Å². The van der Waals surface area contributed by atoms with E-state index in [2.05, 4.69) is 4.99 Å². The molecule has 1 aromatic heterocycles. The van der Waals surface area contributed by atoms with E-state index in [1.165, 1.54) is 0 Å². The molecule has 0 unspecified atom stereocenters.